The molecule has 20 heavy (non-hydrogen) atoms. The van der Waals surface area contributed by atoms with Crippen LogP contribution in [-0.2, 0) is 11.2 Å². The Morgan fingerprint density at radius 2 is 2.35 bits per heavy atom. The van der Waals surface area contributed by atoms with E-state index in [9.17, 15) is 4.79 Å². The summed E-state index contributed by atoms with van der Waals surface area (Å²) in [6.07, 6.45) is 3.25. The fraction of sp³-hybridized carbons (Fsp3) is 0.533. The normalized spacial score (nSPS) is 19.4. The number of nitrogens with one attached hydrogen (secondary N) is 2. The lowest BCUT2D eigenvalue weighted by molar-refractivity contribution is 0.0595. The van der Waals surface area contributed by atoms with Crippen molar-refractivity contribution in [3.63, 3.8) is 0 Å². The first-order valence-electron chi connectivity index (χ1n) is 7.23. The monoisotopic (exact) mass is 276 g/mol. The lowest BCUT2D eigenvalue weighted by Gasteiger charge is -2.23. The number of aromatic amines is 1. The van der Waals surface area contributed by atoms with E-state index < -0.39 is 5.76 Å². The molecule has 2 aromatic rings. The number of H-pyrrole nitrogens is 1. The number of hydrogen-bond donors (Lipinski definition) is 2. The molecule has 1 aromatic heterocycles. The molecule has 0 spiro atoms. The van der Waals surface area contributed by atoms with Gasteiger partial charge in [-0.3, -0.25) is 4.98 Å². The lowest BCUT2D eigenvalue weighted by atomic mass is 10.0. The second kappa shape index (κ2) is 5.71. The molecule has 5 nitrogen and oxygen atoms in total. The Bertz CT molecular complexity index is 638. The number of hydrogen-bond acceptors (Lipinski definition) is 4. The van der Waals surface area contributed by atoms with Crippen LogP contribution in [-0.4, -0.2) is 24.7 Å². The SMILES string of the molecule is CCc1cc2[nH]c(=O)oc2cc1NCC1CCCOC1. The summed E-state index contributed by atoms with van der Waals surface area (Å²) in [5.74, 6) is 0.155. The highest BCUT2D eigenvalue weighted by Gasteiger charge is 2.14. The van der Waals surface area contributed by atoms with Gasteiger partial charge in [0.05, 0.1) is 12.1 Å². The maximum atomic E-state index is 11.2. The van der Waals surface area contributed by atoms with Crippen LogP contribution < -0.4 is 11.1 Å². The molecule has 0 saturated carbocycles. The largest absolute Gasteiger partial charge is 0.417 e. The molecular weight excluding hydrogens is 256 g/mol. The third kappa shape index (κ3) is 2.72. The molecule has 2 heterocycles. The number of fused-ring (bicyclic) bond motifs is 1. The molecule has 108 valence electrons. The minimum atomic E-state index is -0.403. The van der Waals surface area contributed by atoms with E-state index in [0.29, 0.717) is 11.5 Å². The topological polar surface area (TPSA) is 67.3 Å². The maximum Gasteiger partial charge on any atom is 0.417 e. The molecule has 1 aromatic carbocycles. The van der Waals surface area contributed by atoms with Crippen molar-refractivity contribution in [2.45, 2.75) is 26.2 Å². The Hall–Kier alpha value is -1.75. The summed E-state index contributed by atoms with van der Waals surface area (Å²) in [5.41, 5.74) is 3.60. The summed E-state index contributed by atoms with van der Waals surface area (Å²) >= 11 is 0. The molecule has 3 rings (SSSR count). The van der Waals surface area contributed by atoms with Crippen LogP contribution in [0.4, 0.5) is 5.69 Å². The second-order valence-corrected chi connectivity index (χ2v) is 5.34. The Morgan fingerprint density at radius 1 is 1.45 bits per heavy atom. The first-order chi connectivity index (χ1) is 9.76. The highest BCUT2D eigenvalue weighted by Crippen LogP contribution is 2.24. The summed E-state index contributed by atoms with van der Waals surface area (Å²) in [6.45, 7) is 4.72. The molecule has 1 aliphatic rings. The van der Waals surface area contributed by atoms with E-state index in [1.165, 1.54) is 12.0 Å². The van der Waals surface area contributed by atoms with Crippen LogP contribution in [0.15, 0.2) is 21.3 Å². The Balaban J connectivity index is 1.79. The van der Waals surface area contributed by atoms with Crippen LogP contribution in [0.5, 0.6) is 0 Å². The summed E-state index contributed by atoms with van der Waals surface area (Å²) in [4.78, 5) is 13.9. The number of aromatic nitrogens is 1. The van der Waals surface area contributed by atoms with Gasteiger partial charge in [0.15, 0.2) is 5.58 Å². The van der Waals surface area contributed by atoms with Gasteiger partial charge >= 0.3 is 5.76 Å². The number of aryl methyl sites for hydroxylation is 1. The summed E-state index contributed by atoms with van der Waals surface area (Å²) in [7, 11) is 0. The van der Waals surface area contributed by atoms with Gasteiger partial charge in [0.2, 0.25) is 0 Å². The van der Waals surface area contributed by atoms with E-state index in [-0.39, 0.29) is 0 Å². The third-order valence-corrected chi connectivity index (χ3v) is 3.86. The van der Waals surface area contributed by atoms with Gasteiger partial charge in [-0.05, 0) is 36.8 Å². The minimum absolute atomic E-state index is 0.403. The van der Waals surface area contributed by atoms with Crippen molar-refractivity contribution in [2.24, 2.45) is 5.92 Å². The average molecular weight is 276 g/mol. The van der Waals surface area contributed by atoms with Crippen molar-refractivity contribution in [1.82, 2.24) is 4.98 Å². The number of oxazole rings is 1. The zero-order valence-corrected chi connectivity index (χ0v) is 11.7. The molecule has 0 bridgehead atoms. The van der Waals surface area contributed by atoms with Crippen LogP contribution >= 0.6 is 0 Å². The Labute approximate surface area is 117 Å². The van der Waals surface area contributed by atoms with E-state index in [4.69, 9.17) is 9.15 Å². The van der Waals surface area contributed by atoms with E-state index in [2.05, 4.69) is 17.2 Å². The predicted octanol–water partition coefficient (Wildman–Crippen LogP) is 2.52. The van der Waals surface area contributed by atoms with Crippen molar-refractivity contribution >= 4 is 16.8 Å². The van der Waals surface area contributed by atoms with Gasteiger partial charge in [0, 0.05) is 24.9 Å². The molecule has 1 saturated heterocycles. The van der Waals surface area contributed by atoms with Crippen LogP contribution in [0, 0.1) is 5.92 Å². The molecule has 2 N–H and O–H groups in total. The molecule has 0 radical (unpaired) electrons. The van der Waals surface area contributed by atoms with Crippen LogP contribution in [0.1, 0.15) is 25.3 Å². The number of ether oxygens (including phenoxy) is 1. The number of rotatable bonds is 4. The van der Waals surface area contributed by atoms with Crippen LogP contribution in [0.2, 0.25) is 0 Å². The maximum absolute atomic E-state index is 11.2. The first-order valence-corrected chi connectivity index (χ1v) is 7.23. The minimum Gasteiger partial charge on any atom is -0.408 e. The standard InChI is InChI=1S/C15H20N2O3/c1-2-11-6-13-14(20-15(18)17-13)7-12(11)16-8-10-4-3-5-19-9-10/h6-7,10,16H,2-5,8-9H2,1H3,(H,17,18). The fourth-order valence-corrected chi connectivity index (χ4v) is 2.72. The van der Waals surface area contributed by atoms with Crippen molar-refractivity contribution in [3.8, 4) is 0 Å². The Morgan fingerprint density at radius 3 is 3.10 bits per heavy atom. The highest BCUT2D eigenvalue weighted by molar-refractivity contribution is 5.79. The second-order valence-electron chi connectivity index (χ2n) is 5.34. The summed E-state index contributed by atoms with van der Waals surface area (Å²) in [6, 6.07) is 3.90. The molecule has 1 aliphatic heterocycles. The summed E-state index contributed by atoms with van der Waals surface area (Å²) < 4.78 is 10.6. The van der Waals surface area contributed by atoms with Crippen LogP contribution in [0.25, 0.3) is 11.1 Å². The van der Waals surface area contributed by atoms with Gasteiger partial charge < -0.3 is 14.5 Å². The number of benzene rings is 1. The van der Waals surface area contributed by atoms with Crippen LogP contribution in [0.3, 0.4) is 0 Å². The molecule has 0 amide bonds. The van der Waals surface area contributed by atoms with Crippen molar-refractivity contribution in [3.05, 3.63) is 28.2 Å². The third-order valence-electron chi connectivity index (χ3n) is 3.86. The van der Waals surface area contributed by atoms with E-state index in [1.807, 2.05) is 12.1 Å². The van der Waals surface area contributed by atoms with E-state index in [0.717, 1.165) is 43.8 Å². The van der Waals surface area contributed by atoms with E-state index >= 15 is 0 Å². The molecule has 1 fully saturated rings. The Kier molecular flexibility index (Phi) is 3.78. The average Bonchev–Trinajstić information content (AvgIpc) is 2.84. The zero-order chi connectivity index (χ0) is 13.9. The highest BCUT2D eigenvalue weighted by atomic mass is 16.5. The molecular formula is C15H20N2O3. The predicted molar refractivity (Wildman–Crippen MR) is 78.2 cm³/mol. The number of anilines is 1. The van der Waals surface area contributed by atoms with Gasteiger partial charge in [-0.1, -0.05) is 6.92 Å². The van der Waals surface area contributed by atoms with E-state index in [1.54, 1.807) is 0 Å². The quantitative estimate of drug-likeness (QED) is 0.900. The van der Waals surface area contributed by atoms with Crippen molar-refractivity contribution in [1.29, 1.82) is 0 Å². The van der Waals surface area contributed by atoms with Crippen molar-refractivity contribution < 1.29 is 9.15 Å². The smallest absolute Gasteiger partial charge is 0.408 e. The van der Waals surface area contributed by atoms with Crippen molar-refractivity contribution in [2.75, 3.05) is 25.1 Å². The zero-order valence-electron chi connectivity index (χ0n) is 11.7. The molecule has 1 atom stereocenters. The van der Waals surface area contributed by atoms with Gasteiger partial charge in [-0.2, -0.15) is 0 Å². The fourth-order valence-electron chi connectivity index (χ4n) is 2.72. The van der Waals surface area contributed by atoms with Gasteiger partial charge in [0.25, 0.3) is 0 Å². The first kappa shape index (κ1) is 13.2. The van der Waals surface area contributed by atoms with Gasteiger partial charge in [-0.25, -0.2) is 4.79 Å². The molecule has 5 heteroatoms. The molecule has 0 aliphatic carbocycles. The van der Waals surface area contributed by atoms with Gasteiger partial charge in [-0.15, -0.1) is 0 Å². The van der Waals surface area contributed by atoms with Gasteiger partial charge in [0.1, 0.15) is 0 Å². The summed E-state index contributed by atoms with van der Waals surface area (Å²) in [5, 5.41) is 3.48. The lowest BCUT2D eigenvalue weighted by Crippen LogP contribution is -2.24. The molecule has 1 unspecified atom stereocenters.